The van der Waals surface area contributed by atoms with E-state index in [0.29, 0.717) is 5.56 Å². The highest BCUT2D eigenvalue weighted by atomic mass is 19.1. The lowest BCUT2D eigenvalue weighted by Crippen LogP contribution is -2.35. The Bertz CT molecular complexity index is 359. The number of hydrogen-bond acceptors (Lipinski definition) is 2. The molecule has 1 heterocycles. The van der Waals surface area contributed by atoms with Gasteiger partial charge in [-0.3, -0.25) is 4.90 Å². The third-order valence-corrected chi connectivity index (χ3v) is 3.19. The van der Waals surface area contributed by atoms with Crippen LogP contribution >= 0.6 is 0 Å². The Hall–Kier alpha value is -0.930. The SMILES string of the molecule is Cc1cc(CN2CCC(O)CC2)ccc1F. The Balaban J connectivity index is 1.96. The lowest BCUT2D eigenvalue weighted by molar-refractivity contribution is 0.0792. The Morgan fingerprint density at radius 2 is 2.06 bits per heavy atom. The standard InChI is InChI=1S/C13H18FNO/c1-10-8-11(2-3-13(10)14)9-15-6-4-12(16)5-7-15/h2-3,8,12,16H,4-7,9H2,1H3. The van der Waals surface area contributed by atoms with Crippen LogP contribution in [-0.2, 0) is 6.54 Å². The number of halogens is 1. The minimum absolute atomic E-state index is 0.133. The van der Waals surface area contributed by atoms with Crippen LogP contribution < -0.4 is 0 Å². The maximum atomic E-state index is 13.1. The van der Waals surface area contributed by atoms with Crippen LogP contribution in [0, 0.1) is 12.7 Å². The maximum Gasteiger partial charge on any atom is 0.126 e. The first kappa shape index (κ1) is 11.6. The Morgan fingerprint density at radius 3 is 2.69 bits per heavy atom. The number of aliphatic hydroxyl groups excluding tert-OH is 1. The van der Waals surface area contributed by atoms with Gasteiger partial charge in [-0.2, -0.15) is 0 Å². The van der Waals surface area contributed by atoms with Crippen LogP contribution in [0.25, 0.3) is 0 Å². The number of likely N-dealkylation sites (tertiary alicyclic amines) is 1. The second kappa shape index (κ2) is 4.93. The van der Waals surface area contributed by atoms with Crippen molar-refractivity contribution in [3.63, 3.8) is 0 Å². The van der Waals surface area contributed by atoms with Crippen LogP contribution in [0.15, 0.2) is 18.2 Å². The van der Waals surface area contributed by atoms with Crippen molar-refractivity contribution in [2.45, 2.75) is 32.4 Å². The summed E-state index contributed by atoms with van der Waals surface area (Å²) in [5, 5.41) is 9.40. The van der Waals surface area contributed by atoms with E-state index in [1.807, 2.05) is 12.1 Å². The number of hydrogen-bond donors (Lipinski definition) is 1. The zero-order chi connectivity index (χ0) is 11.5. The molecule has 1 aliphatic heterocycles. The van der Waals surface area contributed by atoms with Crippen molar-refractivity contribution in [3.8, 4) is 0 Å². The van der Waals surface area contributed by atoms with E-state index in [-0.39, 0.29) is 11.9 Å². The molecule has 0 radical (unpaired) electrons. The van der Waals surface area contributed by atoms with E-state index in [9.17, 15) is 9.50 Å². The molecule has 1 aliphatic rings. The van der Waals surface area contributed by atoms with Gasteiger partial charge in [0, 0.05) is 19.6 Å². The molecule has 0 atom stereocenters. The summed E-state index contributed by atoms with van der Waals surface area (Å²) in [6.07, 6.45) is 1.56. The summed E-state index contributed by atoms with van der Waals surface area (Å²) in [5.74, 6) is -0.141. The lowest BCUT2D eigenvalue weighted by atomic mass is 10.1. The number of piperidine rings is 1. The second-order valence-electron chi connectivity index (χ2n) is 4.59. The van der Waals surface area contributed by atoms with E-state index in [0.717, 1.165) is 38.0 Å². The van der Waals surface area contributed by atoms with Gasteiger partial charge in [-0.05, 0) is 37.0 Å². The smallest absolute Gasteiger partial charge is 0.126 e. The van der Waals surface area contributed by atoms with Crippen molar-refractivity contribution >= 4 is 0 Å². The highest BCUT2D eigenvalue weighted by Crippen LogP contribution is 2.15. The highest BCUT2D eigenvalue weighted by Gasteiger charge is 2.16. The van der Waals surface area contributed by atoms with Gasteiger partial charge in [0.1, 0.15) is 5.82 Å². The van der Waals surface area contributed by atoms with Crippen LogP contribution in [0.4, 0.5) is 4.39 Å². The molecule has 88 valence electrons. The topological polar surface area (TPSA) is 23.5 Å². The summed E-state index contributed by atoms with van der Waals surface area (Å²) < 4.78 is 13.1. The molecule has 1 aromatic carbocycles. The summed E-state index contributed by atoms with van der Waals surface area (Å²) in [6.45, 7) is 4.50. The predicted molar refractivity (Wildman–Crippen MR) is 61.7 cm³/mol. The molecule has 2 nitrogen and oxygen atoms in total. The fourth-order valence-corrected chi connectivity index (χ4v) is 2.14. The zero-order valence-electron chi connectivity index (χ0n) is 9.62. The van der Waals surface area contributed by atoms with Gasteiger partial charge in [0.25, 0.3) is 0 Å². The van der Waals surface area contributed by atoms with Gasteiger partial charge in [0.15, 0.2) is 0 Å². The van der Waals surface area contributed by atoms with Gasteiger partial charge in [0.05, 0.1) is 6.10 Å². The fourth-order valence-electron chi connectivity index (χ4n) is 2.14. The van der Waals surface area contributed by atoms with Crippen LogP contribution in [0.3, 0.4) is 0 Å². The minimum Gasteiger partial charge on any atom is -0.393 e. The van der Waals surface area contributed by atoms with Crippen molar-refractivity contribution in [1.29, 1.82) is 0 Å². The quantitative estimate of drug-likeness (QED) is 0.830. The predicted octanol–water partition coefficient (Wildman–Crippen LogP) is 2.09. The fraction of sp³-hybridized carbons (Fsp3) is 0.538. The van der Waals surface area contributed by atoms with Crippen molar-refractivity contribution in [3.05, 3.63) is 35.1 Å². The van der Waals surface area contributed by atoms with Crippen LogP contribution in [0.1, 0.15) is 24.0 Å². The normalized spacial score (nSPS) is 18.9. The van der Waals surface area contributed by atoms with Gasteiger partial charge in [-0.15, -0.1) is 0 Å². The average molecular weight is 223 g/mol. The summed E-state index contributed by atoms with van der Waals surface area (Å²) in [5.41, 5.74) is 1.85. The summed E-state index contributed by atoms with van der Waals surface area (Å²) in [7, 11) is 0. The number of rotatable bonds is 2. The molecule has 16 heavy (non-hydrogen) atoms. The summed E-state index contributed by atoms with van der Waals surface area (Å²) >= 11 is 0. The summed E-state index contributed by atoms with van der Waals surface area (Å²) in [4.78, 5) is 2.30. The number of benzene rings is 1. The molecule has 0 spiro atoms. The Labute approximate surface area is 95.7 Å². The lowest BCUT2D eigenvalue weighted by Gasteiger charge is -2.29. The molecule has 1 N–H and O–H groups in total. The van der Waals surface area contributed by atoms with Crippen molar-refractivity contribution in [2.24, 2.45) is 0 Å². The Morgan fingerprint density at radius 1 is 1.38 bits per heavy atom. The van der Waals surface area contributed by atoms with E-state index >= 15 is 0 Å². The molecular formula is C13H18FNO. The number of nitrogens with zero attached hydrogens (tertiary/aromatic N) is 1. The second-order valence-corrected chi connectivity index (χ2v) is 4.59. The number of aryl methyl sites for hydroxylation is 1. The first-order valence-electron chi connectivity index (χ1n) is 5.80. The minimum atomic E-state index is -0.141. The zero-order valence-corrected chi connectivity index (χ0v) is 9.62. The van der Waals surface area contributed by atoms with Gasteiger partial charge < -0.3 is 5.11 Å². The molecule has 1 saturated heterocycles. The third-order valence-electron chi connectivity index (χ3n) is 3.19. The molecule has 0 aromatic heterocycles. The molecule has 1 fully saturated rings. The van der Waals surface area contributed by atoms with Crippen LogP contribution in [0.5, 0.6) is 0 Å². The molecule has 0 amide bonds. The molecule has 3 heteroatoms. The van der Waals surface area contributed by atoms with E-state index in [1.54, 1.807) is 6.92 Å². The van der Waals surface area contributed by atoms with Gasteiger partial charge in [0.2, 0.25) is 0 Å². The average Bonchev–Trinajstić information content (AvgIpc) is 2.27. The molecular weight excluding hydrogens is 205 g/mol. The largest absolute Gasteiger partial charge is 0.393 e. The Kier molecular flexibility index (Phi) is 3.56. The first-order valence-corrected chi connectivity index (χ1v) is 5.80. The van der Waals surface area contributed by atoms with Crippen LogP contribution in [0.2, 0.25) is 0 Å². The van der Waals surface area contributed by atoms with E-state index < -0.39 is 0 Å². The summed E-state index contributed by atoms with van der Waals surface area (Å²) in [6, 6.07) is 5.27. The first-order chi connectivity index (χ1) is 7.65. The monoisotopic (exact) mass is 223 g/mol. The highest BCUT2D eigenvalue weighted by molar-refractivity contribution is 5.23. The molecule has 0 aliphatic carbocycles. The molecule has 1 aromatic rings. The van der Waals surface area contributed by atoms with E-state index in [1.165, 1.54) is 6.07 Å². The number of aliphatic hydroxyl groups is 1. The van der Waals surface area contributed by atoms with Crippen molar-refractivity contribution in [2.75, 3.05) is 13.1 Å². The van der Waals surface area contributed by atoms with Gasteiger partial charge in [-0.1, -0.05) is 12.1 Å². The molecule has 0 unspecified atom stereocenters. The van der Waals surface area contributed by atoms with Crippen LogP contribution in [-0.4, -0.2) is 29.2 Å². The van der Waals surface area contributed by atoms with Gasteiger partial charge >= 0.3 is 0 Å². The van der Waals surface area contributed by atoms with Crippen molar-refractivity contribution in [1.82, 2.24) is 4.90 Å². The van der Waals surface area contributed by atoms with Crippen molar-refractivity contribution < 1.29 is 9.50 Å². The third kappa shape index (κ3) is 2.80. The molecule has 0 bridgehead atoms. The van der Waals surface area contributed by atoms with E-state index in [4.69, 9.17) is 0 Å². The molecule has 0 saturated carbocycles. The molecule has 2 rings (SSSR count). The maximum absolute atomic E-state index is 13.1. The van der Waals surface area contributed by atoms with Gasteiger partial charge in [-0.25, -0.2) is 4.39 Å². The van der Waals surface area contributed by atoms with E-state index in [2.05, 4.69) is 4.90 Å².